The minimum atomic E-state index is -3.71. The van der Waals surface area contributed by atoms with E-state index in [9.17, 15) is 13.2 Å². The van der Waals surface area contributed by atoms with E-state index in [0.717, 1.165) is 0 Å². The second kappa shape index (κ2) is 3.26. The highest BCUT2D eigenvalue weighted by Gasteiger charge is 2.43. The number of carbonyl (C=O) groups is 1. The lowest BCUT2D eigenvalue weighted by molar-refractivity contribution is -0.141. The molecule has 0 bridgehead atoms. The molecule has 3 atom stereocenters. The highest BCUT2D eigenvalue weighted by Crippen LogP contribution is 2.34. The lowest BCUT2D eigenvalue weighted by atomic mass is 10.1. The van der Waals surface area contributed by atoms with Gasteiger partial charge in [-0.1, -0.05) is 6.92 Å². The number of carboxylic acid groups (broad SMARTS) is 1. The first kappa shape index (κ1) is 10.5. The molecule has 0 saturated heterocycles. The summed E-state index contributed by atoms with van der Waals surface area (Å²) >= 11 is 0. The Balaban J connectivity index is 2.91. The van der Waals surface area contributed by atoms with E-state index in [1.54, 1.807) is 0 Å². The predicted molar refractivity (Wildman–Crippen MR) is 46.4 cm³/mol. The smallest absolute Gasteiger partial charge is 0.307 e. The lowest BCUT2D eigenvalue weighted by Gasteiger charge is -2.12. The fourth-order valence-electron chi connectivity index (χ4n) is 1.87. The largest absolute Gasteiger partial charge is 0.481 e. The van der Waals surface area contributed by atoms with Crippen LogP contribution in [0.5, 0.6) is 0 Å². The van der Waals surface area contributed by atoms with Crippen LogP contribution < -0.4 is 5.14 Å². The molecular formula is C7H13NO4S. The molecule has 0 amide bonds. The number of primary sulfonamides is 1. The standard InChI is InChI=1S/C7H13NO4S/c1-4-2-5(7(9)10)6(3-4)13(8,11)12/h4-6H,2-3H2,1H3,(H,9,10)(H2,8,11,12). The molecule has 1 rings (SSSR count). The van der Waals surface area contributed by atoms with Gasteiger partial charge in [0.2, 0.25) is 10.0 Å². The summed E-state index contributed by atoms with van der Waals surface area (Å²) in [5.41, 5.74) is 0. The normalized spacial score (nSPS) is 34.8. The SMILES string of the molecule is CC1CC(C(=O)O)C(S(N)(=O)=O)C1. The van der Waals surface area contributed by atoms with E-state index >= 15 is 0 Å². The van der Waals surface area contributed by atoms with Gasteiger partial charge in [-0.05, 0) is 18.8 Å². The Morgan fingerprint density at radius 2 is 2.00 bits per heavy atom. The van der Waals surface area contributed by atoms with E-state index in [1.165, 1.54) is 0 Å². The summed E-state index contributed by atoms with van der Waals surface area (Å²) in [6.45, 7) is 1.83. The molecule has 0 radical (unpaired) electrons. The van der Waals surface area contributed by atoms with Gasteiger partial charge >= 0.3 is 5.97 Å². The number of sulfonamides is 1. The topological polar surface area (TPSA) is 97.5 Å². The molecule has 6 heteroatoms. The van der Waals surface area contributed by atoms with Gasteiger partial charge in [-0.2, -0.15) is 0 Å². The lowest BCUT2D eigenvalue weighted by Crippen LogP contribution is -2.35. The molecule has 3 unspecified atom stereocenters. The van der Waals surface area contributed by atoms with Crippen molar-refractivity contribution in [1.29, 1.82) is 0 Å². The van der Waals surface area contributed by atoms with Crippen molar-refractivity contribution in [3.05, 3.63) is 0 Å². The van der Waals surface area contributed by atoms with Gasteiger partial charge in [0.25, 0.3) is 0 Å². The van der Waals surface area contributed by atoms with Gasteiger partial charge in [-0.25, -0.2) is 13.6 Å². The third-order valence-electron chi connectivity index (χ3n) is 2.48. The summed E-state index contributed by atoms with van der Waals surface area (Å²) in [7, 11) is -3.71. The number of hydrogen-bond donors (Lipinski definition) is 2. The second-order valence-corrected chi connectivity index (χ2v) is 5.43. The maximum Gasteiger partial charge on any atom is 0.307 e. The van der Waals surface area contributed by atoms with Crippen LogP contribution in [0.4, 0.5) is 0 Å². The third kappa shape index (κ3) is 2.19. The number of aliphatic carboxylic acids is 1. The van der Waals surface area contributed by atoms with Crippen molar-refractivity contribution < 1.29 is 18.3 Å². The first-order valence-corrected chi connectivity index (χ1v) is 5.67. The maximum atomic E-state index is 11.0. The Bertz CT molecular complexity index is 310. The molecule has 1 aliphatic rings. The Labute approximate surface area is 77.0 Å². The number of carboxylic acids is 1. The zero-order valence-electron chi connectivity index (χ0n) is 7.30. The van der Waals surface area contributed by atoms with Crippen LogP contribution in [0.2, 0.25) is 0 Å². The summed E-state index contributed by atoms with van der Waals surface area (Å²) in [5, 5.41) is 12.8. The Morgan fingerprint density at radius 3 is 2.31 bits per heavy atom. The van der Waals surface area contributed by atoms with Crippen LogP contribution in [0.3, 0.4) is 0 Å². The summed E-state index contributed by atoms with van der Waals surface area (Å²) in [6.07, 6.45) is 0.756. The molecule has 76 valence electrons. The summed E-state index contributed by atoms with van der Waals surface area (Å²) in [4.78, 5) is 10.7. The molecule has 5 nitrogen and oxygen atoms in total. The summed E-state index contributed by atoms with van der Waals surface area (Å²) < 4.78 is 22.0. The average Bonchev–Trinajstić information content (AvgIpc) is 2.29. The van der Waals surface area contributed by atoms with Gasteiger partial charge in [0.1, 0.15) is 0 Å². The Kier molecular flexibility index (Phi) is 2.63. The van der Waals surface area contributed by atoms with E-state index in [0.29, 0.717) is 12.8 Å². The van der Waals surface area contributed by atoms with Crippen LogP contribution in [0.15, 0.2) is 0 Å². The van der Waals surface area contributed by atoms with E-state index in [2.05, 4.69) is 0 Å². The van der Waals surface area contributed by atoms with E-state index < -0.39 is 27.2 Å². The van der Waals surface area contributed by atoms with Crippen LogP contribution in [0.1, 0.15) is 19.8 Å². The molecule has 1 fully saturated rings. The van der Waals surface area contributed by atoms with Crippen LogP contribution in [-0.4, -0.2) is 24.7 Å². The van der Waals surface area contributed by atoms with Gasteiger partial charge in [0.15, 0.2) is 0 Å². The zero-order chi connectivity index (χ0) is 10.2. The average molecular weight is 207 g/mol. The highest BCUT2D eigenvalue weighted by molar-refractivity contribution is 7.89. The third-order valence-corrected chi connectivity index (χ3v) is 3.84. The molecule has 0 heterocycles. The first-order valence-electron chi connectivity index (χ1n) is 4.06. The monoisotopic (exact) mass is 207 g/mol. The van der Waals surface area contributed by atoms with Crippen molar-refractivity contribution in [2.45, 2.75) is 25.0 Å². The molecule has 0 aromatic rings. The predicted octanol–water partition coefficient (Wildman–Crippen LogP) is -0.226. The van der Waals surface area contributed by atoms with Crippen molar-refractivity contribution in [3.63, 3.8) is 0 Å². The number of nitrogens with two attached hydrogens (primary N) is 1. The molecule has 0 aliphatic heterocycles. The van der Waals surface area contributed by atoms with E-state index in [4.69, 9.17) is 10.2 Å². The fourth-order valence-corrected chi connectivity index (χ4v) is 3.15. The van der Waals surface area contributed by atoms with Crippen molar-refractivity contribution in [2.75, 3.05) is 0 Å². The Morgan fingerprint density at radius 1 is 1.46 bits per heavy atom. The van der Waals surface area contributed by atoms with Crippen LogP contribution in [0.25, 0.3) is 0 Å². The highest BCUT2D eigenvalue weighted by atomic mass is 32.2. The minimum absolute atomic E-state index is 0.115. The fraction of sp³-hybridized carbons (Fsp3) is 0.857. The molecule has 0 aromatic heterocycles. The van der Waals surface area contributed by atoms with E-state index in [-0.39, 0.29) is 5.92 Å². The molecule has 13 heavy (non-hydrogen) atoms. The van der Waals surface area contributed by atoms with Gasteiger partial charge in [0, 0.05) is 0 Å². The first-order chi connectivity index (χ1) is 5.82. The van der Waals surface area contributed by atoms with Crippen LogP contribution >= 0.6 is 0 Å². The molecule has 1 saturated carbocycles. The molecule has 3 N–H and O–H groups in total. The quantitative estimate of drug-likeness (QED) is 0.653. The van der Waals surface area contributed by atoms with Crippen LogP contribution in [0, 0.1) is 11.8 Å². The van der Waals surface area contributed by atoms with Gasteiger partial charge < -0.3 is 5.11 Å². The van der Waals surface area contributed by atoms with Gasteiger partial charge in [0.05, 0.1) is 11.2 Å². The molecular weight excluding hydrogens is 194 g/mol. The van der Waals surface area contributed by atoms with Gasteiger partial charge in [-0.15, -0.1) is 0 Å². The van der Waals surface area contributed by atoms with Crippen molar-refractivity contribution >= 4 is 16.0 Å². The summed E-state index contributed by atoms with van der Waals surface area (Å²) in [6, 6.07) is 0. The maximum absolute atomic E-state index is 11.0. The second-order valence-electron chi connectivity index (χ2n) is 3.65. The molecule has 0 aromatic carbocycles. The van der Waals surface area contributed by atoms with Gasteiger partial charge in [-0.3, -0.25) is 4.79 Å². The number of rotatable bonds is 2. The molecule has 1 aliphatic carbocycles. The van der Waals surface area contributed by atoms with E-state index in [1.807, 2.05) is 6.92 Å². The van der Waals surface area contributed by atoms with Crippen molar-refractivity contribution in [3.8, 4) is 0 Å². The summed E-state index contributed by atoms with van der Waals surface area (Å²) in [5.74, 6) is -1.78. The number of hydrogen-bond acceptors (Lipinski definition) is 3. The van der Waals surface area contributed by atoms with Crippen molar-refractivity contribution in [2.24, 2.45) is 17.0 Å². The zero-order valence-corrected chi connectivity index (χ0v) is 8.12. The molecule has 0 spiro atoms. The van der Waals surface area contributed by atoms with Crippen LogP contribution in [-0.2, 0) is 14.8 Å². The minimum Gasteiger partial charge on any atom is -0.481 e. The Hall–Kier alpha value is -0.620. The van der Waals surface area contributed by atoms with Crippen molar-refractivity contribution in [1.82, 2.24) is 0 Å².